The van der Waals surface area contributed by atoms with Gasteiger partial charge in [-0.25, -0.2) is 8.78 Å². The Kier molecular flexibility index (Phi) is 19.4. The van der Waals surface area contributed by atoms with Crippen molar-refractivity contribution in [3.05, 3.63) is 95.2 Å². The van der Waals surface area contributed by atoms with Crippen LogP contribution in [0.4, 0.5) is 8.78 Å². The molecule has 0 aliphatic heterocycles. The van der Waals surface area contributed by atoms with E-state index >= 15 is 0 Å². The summed E-state index contributed by atoms with van der Waals surface area (Å²) < 4.78 is 26.5. The lowest BCUT2D eigenvalue weighted by atomic mass is 9.85. The zero-order valence-corrected chi connectivity index (χ0v) is 25.5. The van der Waals surface area contributed by atoms with Crippen LogP contribution < -0.4 is 16.4 Å². The molecule has 3 nitrogen and oxygen atoms in total. The number of likely N-dealkylation sites (N-methyl/N-ethyl adjacent to an activating group) is 1. The Bertz CT molecular complexity index is 992. The van der Waals surface area contributed by atoms with Crippen molar-refractivity contribution in [3.63, 3.8) is 0 Å². The highest BCUT2D eigenvalue weighted by Gasteiger charge is 2.18. The summed E-state index contributed by atoms with van der Waals surface area (Å²) in [6.45, 7) is 20.3. The number of nitrogens with one attached hydrogen (secondary N) is 2. The second-order valence-corrected chi connectivity index (χ2v) is 9.66. The maximum absolute atomic E-state index is 13.6. The minimum absolute atomic E-state index is 0.252. The molecule has 1 aliphatic carbocycles. The first kappa shape index (κ1) is 36.1. The number of hydrogen-bond acceptors (Lipinski definition) is 3. The van der Waals surface area contributed by atoms with Crippen LogP contribution in [0.2, 0.25) is 0 Å². The van der Waals surface area contributed by atoms with Gasteiger partial charge in [-0.05, 0) is 99.5 Å². The largest absolute Gasteiger partial charge is 0.398 e. The van der Waals surface area contributed by atoms with Crippen LogP contribution in [0.25, 0.3) is 11.8 Å². The number of aryl methyl sites for hydroxylation is 1. The molecule has 218 valence electrons. The Morgan fingerprint density at radius 2 is 1.72 bits per heavy atom. The topological polar surface area (TPSA) is 50.1 Å². The number of benzene rings is 2. The lowest BCUT2D eigenvalue weighted by Gasteiger charge is -2.28. The Labute approximate surface area is 237 Å². The third-order valence-corrected chi connectivity index (χ3v) is 6.48. The summed E-state index contributed by atoms with van der Waals surface area (Å²) in [4.78, 5) is 0. The van der Waals surface area contributed by atoms with Gasteiger partial charge in [0.1, 0.15) is 11.6 Å². The quantitative estimate of drug-likeness (QED) is 0.208. The van der Waals surface area contributed by atoms with Gasteiger partial charge in [-0.1, -0.05) is 70.9 Å². The summed E-state index contributed by atoms with van der Waals surface area (Å²) >= 11 is 0. The Morgan fingerprint density at radius 1 is 1.13 bits per heavy atom. The smallest absolute Gasteiger partial charge is 0.126 e. The van der Waals surface area contributed by atoms with Gasteiger partial charge in [0, 0.05) is 24.0 Å². The summed E-state index contributed by atoms with van der Waals surface area (Å²) in [6, 6.07) is 9.70. The van der Waals surface area contributed by atoms with Crippen molar-refractivity contribution < 1.29 is 8.78 Å². The SMILES string of the molecule is C=C(NCC1CCC1)C(CCCC)NC.C=CC.CC.Cc1cc(F)c(C)c(/C=C(\N)c2ccc(F)cc2)c1. The Hall–Kier alpha value is -2.92. The summed E-state index contributed by atoms with van der Waals surface area (Å²) in [5.74, 6) is 0.345. The van der Waals surface area contributed by atoms with Crippen LogP contribution in [0.1, 0.15) is 88.5 Å². The predicted octanol–water partition coefficient (Wildman–Crippen LogP) is 8.92. The minimum atomic E-state index is -0.311. The van der Waals surface area contributed by atoms with Crippen LogP contribution in [0.15, 0.2) is 61.3 Å². The summed E-state index contributed by atoms with van der Waals surface area (Å²) in [6.07, 6.45) is 11.4. The highest BCUT2D eigenvalue weighted by Crippen LogP contribution is 2.25. The molecule has 1 aliphatic rings. The van der Waals surface area contributed by atoms with E-state index in [-0.39, 0.29) is 11.6 Å². The third kappa shape index (κ3) is 14.2. The molecule has 0 aromatic heterocycles. The van der Waals surface area contributed by atoms with Crippen LogP contribution in [0, 0.1) is 31.4 Å². The molecule has 0 radical (unpaired) electrons. The van der Waals surface area contributed by atoms with E-state index in [4.69, 9.17) is 5.73 Å². The highest BCUT2D eigenvalue weighted by molar-refractivity contribution is 5.80. The molecule has 3 rings (SSSR count). The van der Waals surface area contributed by atoms with Crippen molar-refractivity contribution in [2.24, 2.45) is 11.7 Å². The van der Waals surface area contributed by atoms with Crippen LogP contribution in [-0.4, -0.2) is 19.6 Å². The van der Waals surface area contributed by atoms with Gasteiger partial charge in [-0.3, -0.25) is 0 Å². The molecule has 0 amide bonds. The third-order valence-electron chi connectivity index (χ3n) is 6.48. The zero-order chi connectivity index (χ0) is 29.8. The minimum Gasteiger partial charge on any atom is -0.398 e. The van der Waals surface area contributed by atoms with Gasteiger partial charge >= 0.3 is 0 Å². The molecule has 4 N–H and O–H groups in total. The van der Waals surface area contributed by atoms with Gasteiger partial charge in [0.15, 0.2) is 0 Å². The average molecular weight is 542 g/mol. The van der Waals surface area contributed by atoms with E-state index in [1.54, 1.807) is 31.2 Å². The number of rotatable bonds is 10. The van der Waals surface area contributed by atoms with Crippen molar-refractivity contribution in [2.75, 3.05) is 13.6 Å². The van der Waals surface area contributed by atoms with E-state index in [0.717, 1.165) is 23.6 Å². The van der Waals surface area contributed by atoms with Gasteiger partial charge in [0.25, 0.3) is 0 Å². The molecular weight excluding hydrogens is 488 g/mol. The normalized spacial score (nSPS) is 13.2. The van der Waals surface area contributed by atoms with Crippen molar-refractivity contribution in [1.29, 1.82) is 0 Å². The average Bonchev–Trinajstić information content (AvgIpc) is 2.89. The summed E-state index contributed by atoms with van der Waals surface area (Å²) in [5.41, 5.74) is 10.5. The molecule has 2 aromatic rings. The molecule has 2 aromatic carbocycles. The number of halogens is 2. The van der Waals surface area contributed by atoms with Crippen molar-refractivity contribution >= 4 is 11.8 Å². The van der Waals surface area contributed by atoms with Crippen molar-refractivity contribution in [2.45, 2.75) is 86.1 Å². The van der Waals surface area contributed by atoms with Gasteiger partial charge < -0.3 is 16.4 Å². The number of nitrogens with two attached hydrogens (primary N) is 1. The Balaban J connectivity index is 0.000000649. The summed E-state index contributed by atoms with van der Waals surface area (Å²) in [7, 11) is 2.02. The second-order valence-electron chi connectivity index (χ2n) is 9.66. The van der Waals surface area contributed by atoms with Crippen molar-refractivity contribution in [3.8, 4) is 0 Å². The second kappa shape index (κ2) is 21.0. The van der Waals surface area contributed by atoms with Gasteiger partial charge in [0.05, 0.1) is 0 Å². The summed E-state index contributed by atoms with van der Waals surface area (Å²) in [5, 5.41) is 6.82. The van der Waals surface area contributed by atoms with E-state index in [2.05, 4.69) is 30.7 Å². The molecule has 1 atom stereocenters. The monoisotopic (exact) mass is 541 g/mol. The first-order valence-electron chi connectivity index (χ1n) is 14.3. The van der Waals surface area contributed by atoms with Crippen LogP contribution >= 0.6 is 0 Å². The number of allylic oxidation sites excluding steroid dienone is 1. The Morgan fingerprint density at radius 3 is 2.21 bits per heavy atom. The van der Waals surface area contributed by atoms with Gasteiger partial charge in [-0.2, -0.15) is 0 Å². The molecule has 0 heterocycles. The lowest BCUT2D eigenvalue weighted by molar-refractivity contribution is 0.306. The standard InChI is InChI=1S/C16H15F2N.C13H26N2.C3H6.C2H6/c1-10-7-13(11(2)15(18)8-10)9-16(19)12-3-5-14(17)6-4-12;1-4-5-9-13(14-3)11(2)15-10-12-7-6-8-12;1-3-2;1-2/h3-9H,19H2,1-2H3;12-15H,2,4-10H2,1,3H3;3H,1H2,2H3;1-2H3/b16-9-;;;. The predicted molar refractivity (Wildman–Crippen MR) is 168 cm³/mol. The maximum atomic E-state index is 13.6. The first-order chi connectivity index (χ1) is 18.7. The van der Waals surface area contributed by atoms with E-state index in [9.17, 15) is 8.78 Å². The maximum Gasteiger partial charge on any atom is 0.126 e. The zero-order valence-electron chi connectivity index (χ0n) is 25.5. The molecule has 1 saturated carbocycles. The van der Waals surface area contributed by atoms with E-state index in [0.29, 0.717) is 22.9 Å². The fourth-order valence-electron chi connectivity index (χ4n) is 3.88. The van der Waals surface area contributed by atoms with Gasteiger partial charge in [0.2, 0.25) is 0 Å². The van der Waals surface area contributed by atoms with Crippen molar-refractivity contribution in [1.82, 2.24) is 10.6 Å². The molecule has 0 bridgehead atoms. The van der Waals surface area contributed by atoms with Crippen LogP contribution in [-0.2, 0) is 0 Å². The molecule has 5 heteroatoms. The molecule has 0 spiro atoms. The molecule has 0 saturated heterocycles. The highest BCUT2D eigenvalue weighted by atomic mass is 19.1. The van der Waals surface area contributed by atoms with E-state index in [1.165, 1.54) is 62.4 Å². The molecule has 39 heavy (non-hydrogen) atoms. The number of hydrogen-bond donors (Lipinski definition) is 3. The van der Waals surface area contributed by atoms with E-state index in [1.807, 2.05) is 40.8 Å². The lowest BCUT2D eigenvalue weighted by Crippen LogP contribution is -2.36. The van der Waals surface area contributed by atoms with E-state index < -0.39 is 0 Å². The number of unbranched alkanes of at least 4 members (excludes halogenated alkanes) is 1. The fourth-order valence-corrected chi connectivity index (χ4v) is 3.88. The van der Waals surface area contributed by atoms with Crippen LogP contribution in [0.5, 0.6) is 0 Å². The first-order valence-corrected chi connectivity index (χ1v) is 14.3. The molecule has 1 fully saturated rings. The van der Waals surface area contributed by atoms with Crippen LogP contribution in [0.3, 0.4) is 0 Å². The molecular formula is C34H53F2N3. The fraction of sp³-hybridized carbons (Fsp3) is 0.471. The van der Waals surface area contributed by atoms with Gasteiger partial charge in [-0.15, -0.1) is 6.58 Å². The molecule has 1 unspecified atom stereocenters.